The van der Waals surface area contributed by atoms with E-state index in [1.807, 2.05) is 0 Å². The van der Waals surface area contributed by atoms with Crippen LogP contribution in [0.5, 0.6) is 0 Å². The molecule has 0 aliphatic heterocycles. The van der Waals surface area contributed by atoms with E-state index in [1.54, 1.807) is 6.92 Å². The van der Waals surface area contributed by atoms with Gasteiger partial charge >= 0.3 is 11.9 Å². The van der Waals surface area contributed by atoms with Crippen molar-refractivity contribution in [3.05, 3.63) is 0 Å². The number of amides is 1. The van der Waals surface area contributed by atoms with E-state index in [9.17, 15) is 14.4 Å². The minimum atomic E-state index is -1.27. The minimum Gasteiger partial charge on any atom is -0.480 e. The third-order valence-electron chi connectivity index (χ3n) is 1.85. The van der Waals surface area contributed by atoms with E-state index in [-0.39, 0.29) is 25.5 Å². The summed E-state index contributed by atoms with van der Waals surface area (Å²) in [6.07, 6.45) is -1.96. The van der Waals surface area contributed by atoms with Crippen molar-refractivity contribution in [1.82, 2.24) is 0 Å². The monoisotopic (exact) mass is 326 g/mol. The Morgan fingerprint density at radius 3 is 1.77 bits per heavy atom. The van der Waals surface area contributed by atoms with Gasteiger partial charge in [-0.05, 0) is 13.3 Å². The zero-order valence-corrected chi connectivity index (χ0v) is 12.9. The number of rotatable bonds is 6. The number of aliphatic carboxylic acids is 1. The number of carbonyl (C=O) groups excluding carboxylic acids is 2. The smallest absolute Gasteiger partial charge is 0.335 e. The normalized spacial score (nSPS) is 13.2. The Labute approximate surface area is 128 Å². The molecule has 0 bridgehead atoms. The lowest BCUT2D eigenvalue weighted by atomic mass is 10.2. The van der Waals surface area contributed by atoms with Crippen LogP contribution in [0, 0.1) is 0 Å². The average Bonchev–Trinajstić information content (AvgIpc) is 2.44. The molecule has 3 unspecified atom stereocenters. The fourth-order valence-corrected chi connectivity index (χ4v) is 0.703. The lowest BCUT2D eigenvalue weighted by molar-refractivity contribution is -0.161. The molecule has 10 heteroatoms. The molecule has 0 spiro atoms. The summed E-state index contributed by atoms with van der Waals surface area (Å²) in [5, 5.41) is 32.8. The fourth-order valence-electron chi connectivity index (χ4n) is 0.703. The van der Waals surface area contributed by atoms with Gasteiger partial charge in [-0.15, -0.1) is 0 Å². The first-order chi connectivity index (χ1) is 10.0. The van der Waals surface area contributed by atoms with Gasteiger partial charge in [0.25, 0.3) is 0 Å². The first-order valence-electron chi connectivity index (χ1n) is 6.39. The number of hydrogen-bond acceptors (Lipinski definition) is 8. The van der Waals surface area contributed by atoms with Crippen LogP contribution < -0.4 is 11.5 Å². The Morgan fingerprint density at radius 1 is 1.18 bits per heavy atom. The van der Waals surface area contributed by atoms with Crippen molar-refractivity contribution >= 4 is 17.8 Å². The third kappa shape index (κ3) is 18.2. The van der Waals surface area contributed by atoms with Crippen LogP contribution in [-0.2, 0) is 19.1 Å². The highest BCUT2D eigenvalue weighted by Crippen LogP contribution is 2.01. The maximum Gasteiger partial charge on any atom is 0.335 e. The van der Waals surface area contributed by atoms with Crippen molar-refractivity contribution in [2.24, 2.45) is 11.5 Å². The Balaban J connectivity index is -0.000000372. The molecule has 0 saturated carbocycles. The van der Waals surface area contributed by atoms with Gasteiger partial charge < -0.3 is 36.6 Å². The number of carboxylic acids is 1. The standard InChI is InChI=1S/C8H15NO5.C2H5NO.C2H6O2/c1-3-5(10)8(13)14-4(2)6(9)7(11)12;1-2(3)4;3-1-2-4/h4-6,10H,3,9H2,1-2H3,(H,11,12);1H3,(H2,3,4);3-4H,1-2H2. The largest absolute Gasteiger partial charge is 0.480 e. The number of carbonyl (C=O) groups is 3. The van der Waals surface area contributed by atoms with Crippen LogP contribution >= 0.6 is 0 Å². The molecular weight excluding hydrogens is 300 g/mol. The minimum absolute atomic E-state index is 0.125. The molecule has 132 valence electrons. The van der Waals surface area contributed by atoms with Crippen molar-refractivity contribution in [2.45, 2.75) is 45.4 Å². The van der Waals surface area contributed by atoms with E-state index in [2.05, 4.69) is 10.5 Å². The van der Waals surface area contributed by atoms with E-state index >= 15 is 0 Å². The second kappa shape index (κ2) is 15.6. The summed E-state index contributed by atoms with van der Waals surface area (Å²) in [6, 6.07) is -1.27. The number of carboxylic acid groups (broad SMARTS) is 1. The molecule has 8 N–H and O–H groups in total. The number of esters is 1. The Bertz CT molecular complexity index is 318. The zero-order chi connectivity index (χ0) is 18.3. The Hall–Kier alpha value is -1.75. The van der Waals surface area contributed by atoms with Crippen molar-refractivity contribution in [3.8, 4) is 0 Å². The van der Waals surface area contributed by atoms with E-state index in [1.165, 1.54) is 13.8 Å². The van der Waals surface area contributed by atoms with E-state index in [0.717, 1.165) is 0 Å². The number of aliphatic hydroxyl groups is 3. The molecule has 0 heterocycles. The molecule has 0 aliphatic rings. The van der Waals surface area contributed by atoms with Crippen LogP contribution in [-0.4, -0.2) is 69.7 Å². The molecule has 22 heavy (non-hydrogen) atoms. The quantitative estimate of drug-likeness (QED) is 0.287. The first kappa shape index (κ1) is 25.2. The second-order valence-electron chi connectivity index (χ2n) is 3.99. The number of primary amides is 1. The van der Waals surface area contributed by atoms with Crippen LogP contribution in [0.3, 0.4) is 0 Å². The molecule has 0 fully saturated rings. The third-order valence-corrected chi connectivity index (χ3v) is 1.85. The first-order valence-corrected chi connectivity index (χ1v) is 6.39. The number of nitrogens with two attached hydrogens (primary N) is 2. The molecule has 3 atom stereocenters. The summed E-state index contributed by atoms with van der Waals surface area (Å²) in [5.41, 5.74) is 9.66. The molecule has 0 aromatic heterocycles. The molecule has 1 amide bonds. The van der Waals surface area contributed by atoms with Crippen molar-refractivity contribution in [3.63, 3.8) is 0 Å². The molecule has 0 rings (SSSR count). The zero-order valence-electron chi connectivity index (χ0n) is 12.9. The lowest BCUT2D eigenvalue weighted by Crippen LogP contribution is -2.43. The highest BCUT2D eigenvalue weighted by atomic mass is 16.6. The molecule has 0 saturated heterocycles. The summed E-state index contributed by atoms with van der Waals surface area (Å²) in [7, 11) is 0. The number of aliphatic hydroxyl groups excluding tert-OH is 3. The van der Waals surface area contributed by atoms with Crippen molar-refractivity contribution in [2.75, 3.05) is 13.2 Å². The van der Waals surface area contributed by atoms with E-state index in [0.29, 0.717) is 0 Å². The van der Waals surface area contributed by atoms with Crippen LogP contribution in [0.25, 0.3) is 0 Å². The predicted octanol–water partition coefficient (Wildman–Crippen LogP) is -2.44. The predicted molar refractivity (Wildman–Crippen MR) is 76.5 cm³/mol. The van der Waals surface area contributed by atoms with Gasteiger partial charge in [0.1, 0.15) is 12.1 Å². The SMILES string of the molecule is CC(N)=O.CCC(O)C(=O)OC(C)C(N)C(=O)O.OCCO. The van der Waals surface area contributed by atoms with Crippen LogP contribution in [0.1, 0.15) is 27.2 Å². The highest BCUT2D eigenvalue weighted by Gasteiger charge is 2.25. The Kier molecular flexibility index (Phi) is 17.9. The fraction of sp³-hybridized carbons (Fsp3) is 0.750. The van der Waals surface area contributed by atoms with Crippen molar-refractivity contribution < 1.29 is 39.5 Å². The maximum absolute atomic E-state index is 11.0. The van der Waals surface area contributed by atoms with E-state index < -0.39 is 30.2 Å². The molecule has 0 aromatic rings. The van der Waals surface area contributed by atoms with Gasteiger partial charge in [0.2, 0.25) is 5.91 Å². The van der Waals surface area contributed by atoms with Gasteiger partial charge in [-0.25, -0.2) is 4.79 Å². The summed E-state index contributed by atoms with van der Waals surface area (Å²) >= 11 is 0. The molecule has 0 radical (unpaired) electrons. The highest BCUT2D eigenvalue weighted by molar-refractivity contribution is 5.77. The maximum atomic E-state index is 11.0. The summed E-state index contributed by atoms with van der Waals surface area (Å²) < 4.78 is 4.63. The molecule has 10 nitrogen and oxygen atoms in total. The number of ether oxygens (including phenoxy) is 1. The van der Waals surface area contributed by atoms with Gasteiger partial charge in [0.05, 0.1) is 13.2 Å². The Morgan fingerprint density at radius 2 is 1.55 bits per heavy atom. The van der Waals surface area contributed by atoms with Crippen LogP contribution in [0.4, 0.5) is 0 Å². The topological polar surface area (TPSA) is 193 Å². The average molecular weight is 326 g/mol. The van der Waals surface area contributed by atoms with Gasteiger partial charge in [-0.2, -0.15) is 0 Å². The lowest BCUT2D eigenvalue weighted by Gasteiger charge is -2.18. The van der Waals surface area contributed by atoms with Gasteiger partial charge in [-0.3, -0.25) is 9.59 Å². The molecular formula is C12H26N2O8. The van der Waals surface area contributed by atoms with Gasteiger partial charge in [-0.1, -0.05) is 6.92 Å². The molecule has 0 aliphatic carbocycles. The summed E-state index contributed by atoms with van der Waals surface area (Å²) in [6.45, 7) is 4.02. The van der Waals surface area contributed by atoms with Crippen molar-refractivity contribution in [1.29, 1.82) is 0 Å². The van der Waals surface area contributed by atoms with Crippen LogP contribution in [0.15, 0.2) is 0 Å². The van der Waals surface area contributed by atoms with Crippen LogP contribution in [0.2, 0.25) is 0 Å². The second-order valence-corrected chi connectivity index (χ2v) is 3.99. The molecule has 0 aromatic carbocycles. The summed E-state index contributed by atoms with van der Waals surface area (Å²) in [5.74, 6) is -2.44. The summed E-state index contributed by atoms with van der Waals surface area (Å²) in [4.78, 5) is 30.6. The van der Waals surface area contributed by atoms with E-state index in [4.69, 9.17) is 26.2 Å². The van der Waals surface area contributed by atoms with Gasteiger partial charge in [0, 0.05) is 6.92 Å². The number of hydrogen-bond donors (Lipinski definition) is 6. The van der Waals surface area contributed by atoms with Gasteiger partial charge in [0.15, 0.2) is 6.10 Å².